The fourth-order valence-corrected chi connectivity index (χ4v) is 0.670. The zero-order chi connectivity index (χ0) is 8.69. The molecule has 0 atom stereocenters. The van der Waals surface area contributed by atoms with Crippen LogP contribution in [0.3, 0.4) is 0 Å². The van der Waals surface area contributed by atoms with Crippen LogP contribution in [-0.2, 0) is 9.53 Å². The number of rotatable bonds is 5. The van der Waals surface area contributed by atoms with Crippen molar-refractivity contribution in [3.8, 4) is 0 Å². The number of ether oxygens (including phenoxy) is 1. The highest BCUT2D eigenvalue weighted by atomic mass is 16.5. The van der Waals surface area contributed by atoms with Crippen molar-refractivity contribution in [1.82, 2.24) is 0 Å². The van der Waals surface area contributed by atoms with Gasteiger partial charge in [0.2, 0.25) is 5.91 Å². The van der Waals surface area contributed by atoms with Gasteiger partial charge >= 0.3 is 0 Å². The molecule has 0 saturated heterocycles. The van der Waals surface area contributed by atoms with E-state index in [9.17, 15) is 4.79 Å². The minimum atomic E-state index is -0.325. The summed E-state index contributed by atoms with van der Waals surface area (Å²) in [6.45, 7) is 2.33. The van der Waals surface area contributed by atoms with Gasteiger partial charge in [0.1, 0.15) is 0 Å². The van der Waals surface area contributed by atoms with Crippen LogP contribution in [-0.4, -0.2) is 18.4 Å². The minimum Gasteiger partial charge on any atom is -0.481 e. The third-order valence-corrected chi connectivity index (χ3v) is 1.15. The van der Waals surface area contributed by atoms with Crippen LogP contribution in [0.4, 0.5) is 0 Å². The van der Waals surface area contributed by atoms with Crippen LogP contribution in [0.2, 0.25) is 0 Å². The first-order valence-electron chi connectivity index (χ1n) is 3.65. The Morgan fingerprint density at radius 2 is 2.18 bits per heavy atom. The van der Waals surface area contributed by atoms with E-state index in [-0.39, 0.29) is 11.8 Å². The van der Waals surface area contributed by atoms with Crippen LogP contribution < -0.4 is 5.73 Å². The zero-order valence-corrected chi connectivity index (χ0v) is 6.72. The van der Waals surface area contributed by atoms with Gasteiger partial charge in [-0.05, 0) is 13.3 Å². The number of hydrogen-bond donors (Lipinski definition) is 2. The molecule has 3 N–H and O–H groups in total. The molecular formula is C7H14N2O2. The number of nitrogens with two attached hydrogens (primary N) is 1. The highest BCUT2D eigenvalue weighted by Crippen LogP contribution is 1.96. The normalized spacial score (nSPS) is 9.18. The first kappa shape index (κ1) is 9.94. The highest BCUT2D eigenvalue weighted by molar-refractivity contribution is 5.76. The summed E-state index contributed by atoms with van der Waals surface area (Å²) in [4.78, 5) is 10.2. The highest BCUT2D eigenvalue weighted by Gasteiger charge is 1.98. The van der Waals surface area contributed by atoms with Gasteiger partial charge in [-0.15, -0.1) is 0 Å². The molecule has 0 aromatic heterocycles. The van der Waals surface area contributed by atoms with Gasteiger partial charge in [-0.25, -0.2) is 0 Å². The Bertz CT molecular complexity index is 145. The van der Waals surface area contributed by atoms with Crippen LogP contribution in [0.15, 0.2) is 0 Å². The quantitative estimate of drug-likeness (QED) is 0.455. The van der Waals surface area contributed by atoms with E-state index >= 15 is 0 Å². The second kappa shape index (κ2) is 5.70. The molecule has 0 aromatic rings. The summed E-state index contributed by atoms with van der Waals surface area (Å²) in [5.74, 6) is -0.0944. The molecule has 0 spiro atoms. The number of hydrogen-bond acceptors (Lipinski definition) is 3. The van der Waals surface area contributed by atoms with Crippen molar-refractivity contribution in [2.45, 2.75) is 26.2 Å². The third kappa shape index (κ3) is 6.83. The average molecular weight is 158 g/mol. The van der Waals surface area contributed by atoms with Gasteiger partial charge in [-0.3, -0.25) is 10.2 Å². The molecule has 0 aliphatic carbocycles. The summed E-state index contributed by atoms with van der Waals surface area (Å²) in [5.41, 5.74) is 4.90. The van der Waals surface area contributed by atoms with Crippen molar-refractivity contribution in [3.05, 3.63) is 0 Å². The summed E-state index contributed by atoms with van der Waals surface area (Å²) >= 11 is 0. The molecule has 0 aromatic carbocycles. The largest absolute Gasteiger partial charge is 0.481 e. The van der Waals surface area contributed by atoms with Gasteiger partial charge < -0.3 is 10.5 Å². The van der Waals surface area contributed by atoms with Crippen LogP contribution in [0.1, 0.15) is 26.2 Å². The SMILES string of the molecule is CCOC(=N)CCCC(N)=O. The predicted molar refractivity (Wildman–Crippen MR) is 42.4 cm³/mol. The Balaban J connectivity index is 3.24. The van der Waals surface area contributed by atoms with Crippen molar-refractivity contribution in [1.29, 1.82) is 5.41 Å². The van der Waals surface area contributed by atoms with Crippen LogP contribution in [0.5, 0.6) is 0 Å². The fourth-order valence-electron chi connectivity index (χ4n) is 0.670. The van der Waals surface area contributed by atoms with E-state index in [0.717, 1.165) is 0 Å². The van der Waals surface area contributed by atoms with Crippen molar-refractivity contribution in [3.63, 3.8) is 0 Å². The average Bonchev–Trinajstić information content (AvgIpc) is 1.87. The molecule has 64 valence electrons. The molecule has 0 saturated carbocycles. The topological polar surface area (TPSA) is 76.2 Å². The van der Waals surface area contributed by atoms with Crippen molar-refractivity contribution in [2.75, 3.05) is 6.61 Å². The first-order valence-corrected chi connectivity index (χ1v) is 3.65. The first-order chi connectivity index (χ1) is 5.16. The lowest BCUT2D eigenvalue weighted by atomic mass is 10.2. The van der Waals surface area contributed by atoms with Crippen molar-refractivity contribution in [2.24, 2.45) is 5.73 Å². The molecule has 0 rings (SSSR count). The van der Waals surface area contributed by atoms with E-state index in [4.69, 9.17) is 15.9 Å². The predicted octanol–water partition coefficient (Wildman–Crippen LogP) is 0.656. The summed E-state index contributed by atoms with van der Waals surface area (Å²) in [5, 5.41) is 7.16. The maximum Gasteiger partial charge on any atom is 0.217 e. The lowest BCUT2D eigenvalue weighted by Gasteiger charge is -2.02. The lowest BCUT2D eigenvalue weighted by Crippen LogP contribution is -2.11. The van der Waals surface area contributed by atoms with Gasteiger partial charge in [0.15, 0.2) is 5.90 Å². The third-order valence-electron chi connectivity index (χ3n) is 1.15. The molecule has 4 heteroatoms. The number of nitrogens with one attached hydrogen (secondary N) is 1. The van der Waals surface area contributed by atoms with Gasteiger partial charge in [0.05, 0.1) is 6.61 Å². The van der Waals surface area contributed by atoms with E-state index in [2.05, 4.69) is 0 Å². The lowest BCUT2D eigenvalue weighted by molar-refractivity contribution is -0.118. The maximum absolute atomic E-state index is 10.2. The summed E-state index contributed by atoms with van der Waals surface area (Å²) in [6.07, 6.45) is 1.43. The molecule has 11 heavy (non-hydrogen) atoms. The van der Waals surface area contributed by atoms with E-state index in [1.165, 1.54) is 0 Å². The second-order valence-corrected chi connectivity index (χ2v) is 2.18. The standard InChI is InChI=1S/C7H14N2O2/c1-2-11-7(9)5-3-4-6(8)10/h9H,2-5H2,1H3,(H2,8,10). The smallest absolute Gasteiger partial charge is 0.217 e. The Morgan fingerprint density at radius 3 is 2.64 bits per heavy atom. The summed E-state index contributed by atoms with van der Waals surface area (Å²) in [7, 11) is 0. The van der Waals surface area contributed by atoms with Crippen LogP contribution in [0, 0.1) is 5.41 Å². The maximum atomic E-state index is 10.2. The Hall–Kier alpha value is -1.06. The molecular weight excluding hydrogens is 144 g/mol. The van der Waals surface area contributed by atoms with Gasteiger partial charge in [-0.2, -0.15) is 0 Å². The molecule has 0 fully saturated rings. The van der Waals surface area contributed by atoms with E-state index in [1.54, 1.807) is 0 Å². The number of primary amides is 1. The van der Waals surface area contributed by atoms with Crippen molar-refractivity contribution >= 4 is 11.8 Å². The summed E-state index contributed by atoms with van der Waals surface area (Å²) < 4.78 is 4.85. The fraction of sp³-hybridized carbons (Fsp3) is 0.714. The van der Waals surface area contributed by atoms with Gasteiger partial charge in [0.25, 0.3) is 0 Å². The van der Waals surface area contributed by atoms with Crippen LogP contribution in [0.25, 0.3) is 0 Å². The van der Waals surface area contributed by atoms with Crippen LogP contribution >= 0.6 is 0 Å². The Morgan fingerprint density at radius 1 is 1.55 bits per heavy atom. The van der Waals surface area contributed by atoms with E-state index in [1.807, 2.05) is 6.92 Å². The summed E-state index contributed by atoms with van der Waals surface area (Å²) in [6, 6.07) is 0. The van der Waals surface area contributed by atoms with Gasteiger partial charge in [-0.1, -0.05) is 0 Å². The Kier molecular flexibility index (Phi) is 5.15. The van der Waals surface area contributed by atoms with Crippen molar-refractivity contribution < 1.29 is 9.53 Å². The molecule has 4 nitrogen and oxygen atoms in total. The Labute approximate surface area is 66.2 Å². The molecule has 1 amide bonds. The minimum absolute atomic E-state index is 0.230. The number of carbonyl (C=O) groups is 1. The molecule has 0 aliphatic heterocycles. The van der Waals surface area contributed by atoms with E-state index < -0.39 is 0 Å². The van der Waals surface area contributed by atoms with Gasteiger partial charge in [0, 0.05) is 12.8 Å². The molecule has 0 aliphatic rings. The second-order valence-electron chi connectivity index (χ2n) is 2.18. The molecule has 0 bridgehead atoms. The number of amides is 1. The number of carbonyl (C=O) groups excluding carboxylic acids is 1. The molecule has 0 heterocycles. The zero-order valence-electron chi connectivity index (χ0n) is 6.72. The van der Waals surface area contributed by atoms with E-state index in [0.29, 0.717) is 25.9 Å². The molecule has 0 unspecified atom stereocenters. The molecule has 0 radical (unpaired) electrons. The monoisotopic (exact) mass is 158 g/mol.